The van der Waals surface area contributed by atoms with Crippen LogP contribution >= 0.6 is 12.6 Å². The van der Waals surface area contributed by atoms with E-state index in [0.29, 0.717) is 37.5 Å². The number of hydrogen-bond acceptors (Lipinski definition) is 5. The van der Waals surface area contributed by atoms with Crippen molar-refractivity contribution in [3.63, 3.8) is 0 Å². The topological polar surface area (TPSA) is 53.4 Å². The highest BCUT2D eigenvalue weighted by Crippen LogP contribution is 2.32. The van der Waals surface area contributed by atoms with Gasteiger partial charge in [0.15, 0.2) is 0 Å². The first-order chi connectivity index (χ1) is 16.8. The number of rotatable bonds is 6. The summed E-state index contributed by atoms with van der Waals surface area (Å²) in [5, 5.41) is 5.88. The van der Waals surface area contributed by atoms with Crippen molar-refractivity contribution in [2.24, 2.45) is 0 Å². The van der Waals surface area contributed by atoms with Crippen LogP contribution in [-0.2, 0) is 9.53 Å². The van der Waals surface area contributed by atoms with Gasteiger partial charge in [-0.15, -0.1) is 0 Å². The number of aryl methyl sites for hydroxylation is 1. The van der Waals surface area contributed by atoms with Crippen LogP contribution in [0, 0.1) is 12.7 Å². The third-order valence-electron chi connectivity index (χ3n) is 5.87. The summed E-state index contributed by atoms with van der Waals surface area (Å²) < 4.78 is 32.7. The van der Waals surface area contributed by atoms with Gasteiger partial charge in [-0.2, -0.15) is 12.6 Å². The number of anilines is 1. The molecule has 0 bridgehead atoms. The molecular formula is C27H39F2N3O2S. The molecule has 2 heterocycles. The molecule has 3 aliphatic rings. The summed E-state index contributed by atoms with van der Waals surface area (Å²) in [7, 11) is 0. The quantitative estimate of drug-likeness (QED) is 0.194. The first-order valence-electron chi connectivity index (χ1n) is 12.4. The number of alkyl halides is 1. The maximum absolute atomic E-state index is 13.5. The Hall–Kier alpha value is -2.48. The van der Waals surface area contributed by atoms with Crippen molar-refractivity contribution >= 4 is 24.2 Å². The fraction of sp³-hybridized carbons (Fsp3) is 0.519. The number of ether oxygens (including phenoxy) is 1. The molecule has 194 valence electrons. The van der Waals surface area contributed by atoms with Crippen molar-refractivity contribution in [3.05, 3.63) is 65.0 Å². The van der Waals surface area contributed by atoms with E-state index in [2.05, 4.69) is 36.3 Å². The maximum atomic E-state index is 13.5. The summed E-state index contributed by atoms with van der Waals surface area (Å²) in [6, 6.07) is 4.82. The van der Waals surface area contributed by atoms with Crippen LogP contribution in [0.2, 0.25) is 0 Å². The summed E-state index contributed by atoms with van der Waals surface area (Å²) >= 11 is 4.18. The lowest BCUT2D eigenvalue weighted by atomic mass is 10.1. The van der Waals surface area contributed by atoms with E-state index < -0.39 is 17.9 Å². The van der Waals surface area contributed by atoms with E-state index in [1.807, 2.05) is 37.9 Å². The van der Waals surface area contributed by atoms with Crippen LogP contribution in [0.5, 0.6) is 0 Å². The molecule has 1 aromatic rings. The number of allylic oxidation sites excluding steroid dienone is 2. The number of nitrogens with zero attached hydrogens (tertiary/aromatic N) is 1. The van der Waals surface area contributed by atoms with Crippen LogP contribution in [0.1, 0.15) is 52.5 Å². The van der Waals surface area contributed by atoms with Crippen LogP contribution in [0.4, 0.5) is 14.5 Å². The predicted molar refractivity (Wildman–Crippen MR) is 143 cm³/mol. The first kappa shape index (κ1) is 28.8. The van der Waals surface area contributed by atoms with Crippen LogP contribution in [0.25, 0.3) is 0 Å². The van der Waals surface area contributed by atoms with Crippen molar-refractivity contribution in [1.29, 1.82) is 0 Å². The van der Waals surface area contributed by atoms with Gasteiger partial charge >= 0.3 is 0 Å². The molecule has 4 rings (SSSR count). The number of dihydropyridines is 1. The average Bonchev–Trinajstić information content (AvgIpc) is 3.50. The fourth-order valence-electron chi connectivity index (χ4n) is 3.89. The van der Waals surface area contributed by atoms with Gasteiger partial charge in [0.1, 0.15) is 18.1 Å². The first-order valence-corrected chi connectivity index (χ1v) is 13.0. The largest absolute Gasteiger partial charge is 0.483 e. The van der Waals surface area contributed by atoms with Gasteiger partial charge in [0.25, 0.3) is 5.91 Å². The maximum Gasteiger partial charge on any atom is 0.292 e. The molecule has 5 nitrogen and oxygen atoms in total. The number of carbonyl (C=O) groups excluding carboxylic acids is 1. The van der Waals surface area contributed by atoms with Crippen LogP contribution in [0.3, 0.4) is 0 Å². The number of halogens is 2. The van der Waals surface area contributed by atoms with E-state index in [0.717, 1.165) is 23.6 Å². The molecule has 1 aromatic carbocycles. The van der Waals surface area contributed by atoms with Gasteiger partial charge in [0, 0.05) is 30.4 Å². The van der Waals surface area contributed by atoms with Gasteiger partial charge in [-0.05, 0) is 75.2 Å². The average molecular weight is 508 g/mol. The molecule has 2 fully saturated rings. The van der Waals surface area contributed by atoms with Crippen molar-refractivity contribution in [3.8, 4) is 0 Å². The fourth-order valence-corrected chi connectivity index (χ4v) is 4.27. The molecular weight excluding hydrogens is 468 g/mol. The zero-order valence-electron chi connectivity index (χ0n) is 21.4. The second-order valence-electron chi connectivity index (χ2n) is 8.56. The molecule has 35 heavy (non-hydrogen) atoms. The third kappa shape index (κ3) is 8.91. The normalized spacial score (nSPS) is 23.6. The van der Waals surface area contributed by atoms with E-state index in [4.69, 9.17) is 4.74 Å². The van der Waals surface area contributed by atoms with Gasteiger partial charge in [0.2, 0.25) is 5.76 Å². The second kappa shape index (κ2) is 14.2. The molecule has 2 N–H and O–H groups in total. The summed E-state index contributed by atoms with van der Waals surface area (Å²) in [4.78, 5) is 14.6. The van der Waals surface area contributed by atoms with Gasteiger partial charge in [-0.3, -0.25) is 4.79 Å². The van der Waals surface area contributed by atoms with Crippen molar-refractivity contribution in [2.45, 2.75) is 72.2 Å². The van der Waals surface area contributed by atoms with Crippen LogP contribution < -0.4 is 10.6 Å². The number of likely N-dealkylation sites (N-methyl/N-ethyl adjacent to an activating group) is 1. The Morgan fingerprint density at radius 2 is 2.03 bits per heavy atom. The number of thiol groups is 1. The Morgan fingerprint density at radius 1 is 1.29 bits per heavy atom. The molecule has 0 radical (unpaired) electrons. The zero-order chi connectivity index (χ0) is 26.0. The van der Waals surface area contributed by atoms with Gasteiger partial charge in [0.05, 0.1) is 12.2 Å². The predicted octanol–water partition coefficient (Wildman–Crippen LogP) is 5.90. The molecule has 8 heteroatoms. The summed E-state index contributed by atoms with van der Waals surface area (Å²) in [6.45, 7) is 11.3. The molecule has 3 unspecified atom stereocenters. The minimum Gasteiger partial charge on any atom is -0.483 e. The van der Waals surface area contributed by atoms with E-state index in [1.165, 1.54) is 17.7 Å². The molecule has 3 atom stereocenters. The Morgan fingerprint density at radius 3 is 2.54 bits per heavy atom. The Labute approximate surface area is 214 Å². The van der Waals surface area contributed by atoms with E-state index in [1.54, 1.807) is 13.0 Å². The molecule has 1 amide bonds. The van der Waals surface area contributed by atoms with Crippen LogP contribution in [0.15, 0.2) is 53.6 Å². The molecule has 1 saturated carbocycles. The number of nitrogens with one attached hydrogen (secondary N) is 2. The van der Waals surface area contributed by atoms with Crippen molar-refractivity contribution < 1.29 is 18.3 Å². The lowest BCUT2D eigenvalue weighted by Crippen LogP contribution is -2.25. The lowest BCUT2D eigenvalue weighted by molar-refractivity contribution is -0.117. The zero-order valence-corrected chi connectivity index (χ0v) is 22.3. The smallest absolute Gasteiger partial charge is 0.292 e. The SMILES string of the molecule is CC.CC1NC=CC=C1CS.CCN1C/C1=C(/OC1CCC(F)C1)C(=O)Nc1cc(C)cc(F)c1. The molecule has 0 aromatic heterocycles. The summed E-state index contributed by atoms with van der Waals surface area (Å²) in [6.07, 6.45) is 6.32. The summed E-state index contributed by atoms with van der Waals surface area (Å²) in [5.74, 6) is 0.266. The monoisotopic (exact) mass is 507 g/mol. The van der Waals surface area contributed by atoms with Crippen molar-refractivity contribution in [1.82, 2.24) is 10.2 Å². The number of carbonyl (C=O) groups is 1. The number of benzene rings is 1. The second-order valence-corrected chi connectivity index (χ2v) is 8.87. The van der Waals surface area contributed by atoms with E-state index in [9.17, 15) is 13.6 Å². The minimum atomic E-state index is -0.864. The Balaban J connectivity index is 0.000000329. The van der Waals surface area contributed by atoms with E-state index >= 15 is 0 Å². The Kier molecular flexibility index (Phi) is 11.6. The van der Waals surface area contributed by atoms with Gasteiger partial charge < -0.3 is 20.3 Å². The Bertz CT molecular complexity index is 928. The highest BCUT2D eigenvalue weighted by atomic mass is 32.1. The molecule has 2 aliphatic heterocycles. The highest BCUT2D eigenvalue weighted by Gasteiger charge is 2.35. The minimum absolute atomic E-state index is 0.234. The number of amides is 1. The molecule has 1 saturated heterocycles. The standard InChI is InChI=1S/C18H22F2N2O2.C7H11NS.C2H6/c1-3-22-10-16(22)17(24-15-5-4-12(19)9-15)18(23)21-14-7-11(2)6-13(20)8-14;1-6-7(5-9)3-2-4-8-6;1-2/h6-8,12,15H,3-5,9-10H2,1-2H3,(H,21,23);2-4,6,8-9H,5H2,1H3;1-2H3/b17-16-;;. The molecule has 0 spiro atoms. The highest BCUT2D eigenvalue weighted by molar-refractivity contribution is 7.80. The van der Waals surface area contributed by atoms with Crippen LogP contribution in [-0.4, -0.2) is 48.0 Å². The number of hydrogen-bond donors (Lipinski definition) is 3. The van der Waals surface area contributed by atoms with Crippen molar-refractivity contribution in [2.75, 3.05) is 24.2 Å². The van der Waals surface area contributed by atoms with Gasteiger partial charge in [-0.1, -0.05) is 19.9 Å². The molecule has 1 aliphatic carbocycles. The summed E-state index contributed by atoms with van der Waals surface area (Å²) in [5.41, 5.74) is 3.28. The third-order valence-corrected chi connectivity index (χ3v) is 6.23. The van der Waals surface area contributed by atoms with E-state index in [-0.39, 0.29) is 11.9 Å². The lowest BCUT2D eigenvalue weighted by Gasteiger charge is -2.16. The van der Waals surface area contributed by atoms with Gasteiger partial charge in [-0.25, -0.2) is 8.78 Å².